The van der Waals surface area contributed by atoms with Crippen LogP contribution >= 0.6 is 0 Å². The van der Waals surface area contributed by atoms with Gasteiger partial charge in [0.1, 0.15) is 11.4 Å². The molecule has 2 aromatic carbocycles. The van der Waals surface area contributed by atoms with Crippen molar-refractivity contribution < 1.29 is 13.2 Å². The molecule has 0 saturated carbocycles. The molecule has 2 N–H and O–H groups in total. The molecule has 1 heterocycles. The van der Waals surface area contributed by atoms with E-state index < -0.39 is 11.7 Å². The van der Waals surface area contributed by atoms with Gasteiger partial charge in [0.25, 0.3) is 0 Å². The van der Waals surface area contributed by atoms with Crippen LogP contribution in [0.5, 0.6) is 0 Å². The van der Waals surface area contributed by atoms with Gasteiger partial charge in [0.15, 0.2) is 0 Å². The van der Waals surface area contributed by atoms with E-state index in [4.69, 9.17) is 5.26 Å². The topological polar surface area (TPSA) is 73.6 Å². The Bertz CT molecular complexity index is 932. The van der Waals surface area contributed by atoms with Gasteiger partial charge in [-0.1, -0.05) is 18.2 Å². The summed E-state index contributed by atoms with van der Waals surface area (Å²) in [5, 5.41) is 14.3. The highest BCUT2D eigenvalue weighted by Crippen LogP contribution is 2.35. The zero-order valence-corrected chi connectivity index (χ0v) is 13.2. The van der Waals surface area contributed by atoms with E-state index in [1.54, 1.807) is 24.3 Å². The third-order valence-electron chi connectivity index (χ3n) is 3.40. The van der Waals surface area contributed by atoms with Gasteiger partial charge in [0.05, 0.1) is 11.6 Å². The molecule has 0 unspecified atom stereocenters. The number of alkyl halides is 3. The number of anilines is 4. The summed E-state index contributed by atoms with van der Waals surface area (Å²) >= 11 is 0. The number of halogens is 3. The zero-order valence-electron chi connectivity index (χ0n) is 13.2. The predicted molar refractivity (Wildman–Crippen MR) is 91.2 cm³/mol. The van der Waals surface area contributed by atoms with Crippen LogP contribution in [0.3, 0.4) is 0 Å². The molecule has 0 spiro atoms. The van der Waals surface area contributed by atoms with Gasteiger partial charge in [-0.25, -0.2) is 4.98 Å². The fourth-order valence-electron chi connectivity index (χ4n) is 2.16. The summed E-state index contributed by atoms with van der Waals surface area (Å²) in [6.07, 6.45) is -3.88. The Balaban J connectivity index is 1.93. The van der Waals surface area contributed by atoms with Crippen molar-refractivity contribution >= 4 is 23.1 Å². The van der Waals surface area contributed by atoms with Crippen LogP contribution in [0, 0.1) is 11.3 Å². The molecular weight excluding hydrogens is 343 g/mol. The number of rotatable bonds is 4. The van der Waals surface area contributed by atoms with E-state index in [1.165, 1.54) is 24.3 Å². The lowest BCUT2D eigenvalue weighted by Gasteiger charge is -2.15. The minimum atomic E-state index is -4.61. The van der Waals surface area contributed by atoms with E-state index in [9.17, 15) is 13.2 Å². The van der Waals surface area contributed by atoms with Crippen molar-refractivity contribution in [1.82, 2.24) is 9.97 Å². The van der Waals surface area contributed by atoms with Crippen molar-refractivity contribution in [1.29, 1.82) is 5.26 Å². The van der Waals surface area contributed by atoms with Gasteiger partial charge in [0.2, 0.25) is 5.95 Å². The lowest BCUT2D eigenvalue weighted by molar-refractivity contribution is -0.137. The van der Waals surface area contributed by atoms with Crippen LogP contribution in [0.2, 0.25) is 0 Å². The molecule has 8 heteroatoms. The fourth-order valence-corrected chi connectivity index (χ4v) is 2.16. The van der Waals surface area contributed by atoms with Gasteiger partial charge in [-0.2, -0.15) is 23.4 Å². The van der Waals surface area contributed by atoms with E-state index in [-0.39, 0.29) is 11.8 Å². The molecule has 0 saturated heterocycles. The monoisotopic (exact) mass is 355 g/mol. The van der Waals surface area contributed by atoms with Crippen molar-refractivity contribution in [3.63, 3.8) is 0 Å². The fraction of sp³-hybridized carbons (Fsp3) is 0.0556. The molecule has 0 aliphatic carbocycles. The van der Waals surface area contributed by atoms with Gasteiger partial charge in [-0.05, 0) is 36.4 Å². The molecular formula is C18H12F3N5. The Morgan fingerprint density at radius 3 is 2.15 bits per heavy atom. The molecule has 0 aliphatic rings. The molecule has 130 valence electrons. The highest BCUT2D eigenvalue weighted by molar-refractivity contribution is 5.63. The van der Waals surface area contributed by atoms with E-state index in [1.807, 2.05) is 12.1 Å². The molecule has 0 bridgehead atoms. The first-order chi connectivity index (χ1) is 12.5. The van der Waals surface area contributed by atoms with Crippen LogP contribution in [-0.4, -0.2) is 9.97 Å². The third kappa shape index (κ3) is 4.08. The molecule has 0 aliphatic heterocycles. The van der Waals surface area contributed by atoms with Crippen LogP contribution in [0.25, 0.3) is 0 Å². The van der Waals surface area contributed by atoms with Crippen molar-refractivity contribution in [3.05, 3.63) is 71.9 Å². The molecule has 1 aromatic heterocycles. The number of aromatic nitrogens is 2. The first-order valence-corrected chi connectivity index (χ1v) is 7.49. The highest BCUT2D eigenvalue weighted by Gasteiger charge is 2.35. The third-order valence-corrected chi connectivity index (χ3v) is 3.40. The Morgan fingerprint density at radius 1 is 0.885 bits per heavy atom. The maximum atomic E-state index is 13.2. The maximum absolute atomic E-state index is 13.2. The largest absolute Gasteiger partial charge is 0.421 e. The molecule has 5 nitrogen and oxygen atoms in total. The van der Waals surface area contributed by atoms with Crippen molar-refractivity contribution in [2.24, 2.45) is 0 Å². The van der Waals surface area contributed by atoms with Crippen LogP contribution in [-0.2, 0) is 6.18 Å². The first kappa shape index (κ1) is 17.2. The Kier molecular flexibility index (Phi) is 4.71. The molecule has 3 rings (SSSR count). The summed E-state index contributed by atoms with van der Waals surface area (Å²) in [5.41, 5.74) is 0.441. The molecule has 0 radical (unpaired) electrons. The number of nitrogens with one attached hydrogen (secondary N) is 2. The number of benzene rings is 2. The first-order valence-electron chi connectivity index (χ1n) is 7.49. The van der Waals surface area contributed by atoms with Crippen molar-refractivity contribution in [2.75, 3.05) is 10.6 Å². The smallest absolute Gasteiger partial charge is 0.340 e. The summed E-state index contributed by atoms with van der Waals surface area (Å²) in [6.45, 7) is 0. The van der Waals surface area contributed by atoms with Gasteiger partial charge in [0, 0.05) is 17.6 Å². The number of hydrogen-bond donors (Lipinski definition) is 2. The average Bonchev–Trinajstić information content (AvgIpc) is 2.62. The average molecular weight is 355 g/mol. The maximum Gasteiger partial charge on any atom is 0.421 e. The number of para-hydroxylation sites is 1. The Morgan fingerprint density at radius 2 is 1.54 bits per heavy atom. The Hall–Kier alpha value is -3.60. The van der Waals surface area contributed by atoms with Crippen molar-refractivity contribution in [3.8, 4) is 6.07 Å². The molecule has 3 aromatic rings. The van der Waals surface area contributed by atoms with Crippen molar-refractivity contribution in [2.45, 2.75) is 6.18 Å². The van der Waals surface area contributed by atoms with E-state index in [0.717, 1.165) is 6.20 Å². The number of nitrogens with zero attached hydrogens (tertiary/aromatic N) is 3. The Labute approximate surface area is 147 Å². The lowest BCUT2D eigenvalue weighted by atomic mass is 10.2. The molecule has 0 amide bonds. The van der Waals surface area contributed by atoms with Gasteiger partial charge >= 0.3 is 6.18 Å². The van der Waals surface area contributed by atoms with Crippen LogP contribution in [0.1, 0.15) is 11.1 Å². The van der Waals surface area contributed by atoms with Gasteiger partial charge < -0.3 is 10.6 Å². The van der Waals surface area contributed by atoms with Crippen LogP contribution < -0.4 is 10.6 Å². The standard InChI is InChI=1S/C18H12F3N5/c19-18(20,21)15-11-23-17(25-13-4-2-1-3-5-13)26-16(15)24-14-8-6-12(10-22)7-9-14/h1-9,11H,(H2,23,24,25,26). The zero-order chi connectivity index (χ0) is 18.6. The molecule has 0 atom stereocenters. The lowest BCUT2D eigenvalue weighted by Crippen LogP contribution is -2.12. The van der Waals surface area contributed by atoms with Crippen LogP contribution in [0.4, 0.5) is 36.3 Å². The predicted octanol–water partition coefficient (Wildman–Crippen LogP) is 4.85. The summed E-state index contributed by atoms with van der Waals surface area (Å²) in [7, 11) is 0. The second-order valence-corrected chi connectivity index (χ2v) is 5.26. The SMILES string of the molecule is N#Cc1ccc(Nc2nc(Nc3ccccc3)ncc2C(F)(F)F)cc1. The summed E-state index contributed by atoms with van der Waals surface area (Å²) in [6, 6.07) is 16.8. The number of hydrogen-bond acceptors (Lipinski definition) is 5. The quantitative estimate of drug-likeness (QED) is 0.699. The minimum absolute atomic E-state index is 0.0281. The van der Waals surface area contributed by atoms with Crippen LogP contribution in [0.15, 0.2) is 60.8 Å². The second-order valence-electron chi connectivity index (χ2n) is 5.26. The minimum Gasteiger partial charge on any atom is -0.340 e. The van der Waals surface area contributed by atoms with E-state index in [2.05, 4.69) is 20.6 Å². The van der Waals surface area contributed by atoms with E-state index >= 15 is 0 Å². The molecule has 0 fully saturated rings. The summed E-state index contributed by atoms with van der Waals surface area (Å²) in [5.74, 6) is -0.351. The van der Waals surface area contributed by atoms with E-state index in [0.29, 0.717) is 16.9 Å². The summed E-state index contributed by atoms with van der Waals surface area (Å²) in [4.78, 5) is 7.70. The summed E-state index contributed by atoms with van der Waals surface area (Å²) < 4.78 is 39.7. The van der Waals surface area contributed by atoms with Gasteiger partial charge in [-0.15, -0.1) is 0 Å². The van der Waals surface area contributed by atoms with Gasteiger partial charge in [-0.3, -0.25) is 0 Å². The normalized spacial score (nSPS) is 10.8. The highest BCUT2D eigenvalue weighted by atomic mass is 19.4. The number of nitriles is 1. The second kappa shape index (κ2) is 7.11. The molecule has 26 heavy (non-hydrogen) atoms.